The van der Waals surface area contributed by atoms with Crippen LogP contribution in [0, 0.1) is 5.92 Å². The summed E-state index contributed by atoms with van der Waals surface area (Å²) in [6.45, 7) is 8.64. The van der Waals surface area contributed by atoms with Crippen LogP contribution >= 0.6 is 0 Å². The largest absolute Gasteiger partial charge is 0.508 e. The first-order valence-corrected chi connectivity index (χ1v) is 9.66. The zero-order valence-corrected chi connectivity index (χ0v) is 15.7. The minimum Gasteiger partial charge on any atom is -0.508 e. The molecule has 25 heavy (non-hydrogen) atoms. The summed E-state index contributed by atoms with van der Waals surface area (Å²) in [6.07, 6.45) is 5.03. The fraction of sp³-hybridized carbons (Fsp3) is 0.650. The van der Waals surface area contributed by atoms with Crippen molar-refractivity contribution in [3.63, 3.8) is 0 Å². The third-order valence-corrected chi connectivity index (χ3v) is 5.31. The molecule has 0 bridgehead atoms. The monoisotopic (exact) mass is 344 g/mol. The van der Waals surface area contributed by atoms with Crippen LogP contribution in [-0.4, -0.2) is 47.2 Å². The number of phenols is 1. The van der Waals surface area contributed by atoms with Gasteiger partial charge in [-0.2, -0.15) is 0 Å². The van der Waals surface area contributed by atoms with Crippen LogP contribution in [0.25, 0.3) is 0 Å². The number of phenolic OH excluding ortho intramolecular Hbond substituents is 1. The van der Waals surface area contributed by atoms with Crippen LogP contribution in [0.3, 0.4) is 0 Å². The molecule has 5 heteroatoms. The third-order valence-electron chi connectivity index (χ3n) is 5.31. The van der Waals surface area contributed by atoms with E-state index in [1.165, 1.54) is 25.7 Å². The predicted molar refractivity (Wildman–Crippen MR) is 104 cm³/mol. The zero-order valence-electron chi connectivity index (χ0n) is 15.7. The number of benzene rings is 1. The van der Waals surface area contributed by atoms with Crippen molar-refractivity contribution >= 4 is 11.6 Å². The molecule has 1 heterocycles. The maximum absolute atomic E-state index is 9.78. The molecule has 2 fully saturated rings. The second-order valence-corrected chi connectivity index (χ2v) is 7.83. The van der Waals surface area contributed by atoms with Gasteiger partial charge in [-0.05, 0) is 44.7 Å². The van der Waals surface area contributed by atoms with Gasteiger partial charge < -0.3 is 20.6 Å². The van der Waals surface area contributed by atoms with Crippen molar-refractivity contribution in [1.29, 1.82) is 0 Å². The van der Waals surface area contributed by atoms with Crippen molar-refractivity contribution in [3.8, 4) is 5.75 Å². The van der Waals surface area contributed by atoms with E-state index in [0.717, 1.165) is 24.7 Å². The maximum Gasteiger partial charge on any atom is 0.198 e. The van der Waals surface area contributed by atoms with Gasteiger partial charge in [0, 0.05) is 36.9 Å². The van der Waals surface area contributed by atoms with Crippen molar-refractivity contribution < 1.29 is 5.11 Å². The molecule has 5 nitrogen and oxygen atoms in total. The Hall–Kier alpha value is -1.75. The van der Waals surface area contributed by atoms with E-state index in [1.54, 1.807) is 12.1 Å². The molecule has 138 valence electrons. The number of aliphatic imine (C=N–C) groups is 1. The molecule has 0 radical (unpaired) electrons. The Kier molecular flexibility index (Phi) is 5.84. The van der Waals surface area contributed by atoms with E-state index in [0.29, 0.717) is 24.0 Å². The SMILES string of the molecule is CC1CN(C(=NC2CCCCC2C)Nc2cccc(O)c2)CC(C)N1. The van der Waals surface area contributed by atoms with Crippen molar-refractivity contribution in [1.82, 2.24) is 10.2 Å². The smallest absolute Gasteiger partial charge is 0.198 e. The molecule has 3 N–H and O–H groups in total. The van der Waals surface area contributed by atoms with E-state index in [2.05, 4.69) is 36.3 Å². The second kappa shape index (κ2) is 8.09. The number of aromatic hydroxyl groups is 1. The van der Waals surface area contributed by atoms with Gasteiger partial charge in [0.1, 0.15) is 5.75 Å². The highest BCUT2D eigenvalue weighted by molar-refractivity contribution is 5.94. The molecule has 0 spiro atoms. The van der Waals surface area contributed by atoms with Gasteiger partial charge in [0.05, 0.1) is 6.04 Å². The zero-order chi connectivity index (χ0) is 17.8. The van der Waals surface area contributed by atoms with E-state index < -0.39 is 0 Å². The maximum atomic E-state index is 9.78. The topological polar surface area (TPSA) is 59.9 Å². The summed E-state index contributed by atoms with van der Waals surface area (Å²) in [6, 6.07) is 8.55. The van der Waals surface area contributed by atoms with Crippen molar-refractivity contribution in [3.05, 3.63) is 24.3 Å². The fourth-order valence-corrected chi connectivity index (χ4v) is 4.05. The number of nitrogens with one attached hydrogen (secondary N) is 2. The summed E-state index contributed by atoms with van der Waals surface area (Å²) in [5.41, 5.74) is 0.890. The van der Waals surface area contributed by atoms with E-state index in [-0.39, 0.29) is 5.75 Å². The van der Waals surface area contributed by atoms with E-state index >= 15 is 0 Å². The number of piperazine rings is 1. The molecule has 4 unspecified atom stereocenters. The Morgan fingerprint density at radius 1 is 1.16 bits per heavy atom. The molecule has 1 aliphatic heterocycles. The first-order chi connectivity index (χ1) is 12.0. The average Bonchev–Trinajstić information content (AvgIpc) is 2.55. The fourth-order valence-electron chi connectivity index (χ4n) is 4.05. The predicted octanol–water partition coefficient (Wildman–Crippen LogP) is 3.42. The molecule has 1 aromatic carbocycles. The quantitative estimate of drug-likeness (QED) is 0.568. The molecule has 0 amide bonds. The molecule has 4 atom stereocenters. The van der Waals surface area contributed by atoms with Crippen LogP contribution in [0.4, 0.5) is 5.69 Å². The first-order valence-electron chi connectivity index (χ1n) is 9.66. The normalized spacial score (nSPS) is 31.0. The van der Waals surface area contributed by atoms with Gasteiger partial charge in [0.2, 0.25) is 0 Å². The standard InChI is InChI=1S/C20H32N4O/c1-14-7-4-5-10-19(14)23-20(22-17-8-6-9-18(25)11-17)24-12-15(2)21-16(3)13-24/h6,8-9,11,14-16,19,21,25H,4-5,7,10,12-13H2,1-3H3,(H,22,23). The number of anilines is 1. The molecular weight excluding hydrogens is 312 g/mol. The lowest BCUT2D eigenvalue weighted by Gasteiger charge is -2.39. The van der Waals surface area contributed by atoms with Gasteiger partial charge in [-0.15, -0.1) is 0 Å². The lowest BCUT2D eigenvalue weighted by Crippen LogP contribution is -2.57. The molecule has 0 aromatic heterocycles. The van der Waals surface area contributed by atoms with Gasteiger partial charge in [-0.3, -0.25) is 0 Å². The number of guanidine groups is 1. The molecule has 1 saturated carbocycles. The second-order valence-electron chi connectivity index (χ2n) is 7.83. The lowest BCUT2D eigenvalue weighted by molar-refractivity contribution is 0.250. The summed E-state index contributed by atoms with van der Waals surface area (Å²) in [5.74, 6) is 1.86. The van der Waals surface area contributed by atoms with Crippen molar-refractivity contribution in [2.75, 3.05) is 18.4 Å². The van der Waals surface area contributed by atoms with Crippen molar-refractivity contribution in [2.24, 2.45) is 10.9 Å². The Balaban J connectivity index is 1.84. The van der Waals surface area contributed by atoms with Gasteiger partial charge in [-0.1, -0.05) is 25.8 Å². The third kappa shape index (κ3) is 4.88. The van der Waals surface area contributed by atoms with E-state index in [4.69, 9.17) is 4.99 Å². The molecule has 1 aliphatic carbocycles. The van der Waals surface area contributed by atoms with Crippen LogP contribution in [0.15, 0.2) is 29.3 Å². The molecular formula is C20H32N4O. The first kappa shape index (κ1) is 18.1. The van der Waals surface area contributed by atoms with E-state index in [1.807, 2.05) is 12.1 Å². The molecule has 1 saturated heterocycles. The lowest BCUT2D eigenvalue weighted by atomic mass is 9.86. The highest BCUT2D eigenvalue weighted by Crippen LogP contribution is 2.27. The molecule has 1 aromatic rings. The van der Waals surface area contributed by atoms with Crippen molar-refractivity contribution in [2.45, 2.75) is 64.6 Å². The summed E-state index contributed by atoms with van der Waals surface area (Å²) in [5, 5.41) is 16.9. The minimum atomic E-state index is 0.275. The highest BCUT2D eigenvalue weighted by atomic mass is 16.3. The summed E-state index contributed by atoms with van der Waals surface area (Å²) < 4.78 is 0. The number of nitrogens with zero attached hydrogens (tertiary/aromatic N) is 2. The minimum absolute atomic E-state index is 0.275. The van der Waals surface area contributed by atoms with E-state index in [9.17, 15) is 5.11 Å². The van der Waals surface area contributed by atoms with Crippen LogP contribution in [0.1, 0.15) is 46.5 Å². The van der Waals surface area contributed by atoms with Gasteiger partial charge in [0.15, 0.2) is 5.96 Å². The van der Waals surface area contributed by atoms with Crippen LogP contribution in [-0.2, 0) is 0 Å². The Morgan fingerprint density at radius 2 is 1.88 bits per heavy atom. The van der Waals surface area contributed by atoms with Crippen LogP contribution in [0.2, 0.25) is 0 Å². The average molecular weight is 345 g/mol. The van der Waals surface area contributed by atoms with Gasteiger partial charge in [0.25, 0.3) is 0 Å². The summed E-state index contributed by atoms with van der Waals surface area (Å²) in [4.78, 5) is 7.51. The van der Waals surface area contributed by atoms with Gasteiger partial charge >= 0.3 is 0 Å². The molecule has 3 rings (SSSR count). The summed E-state index contributed by atoms with van der Waals surface area (Å²) in [7, 11) is 0. The number of hydrogen-bond acceptors (Lipinski definition) is 3. The number of hydrogen-bond donors (Lipinski definition) is 3. The highest BCUT2D eigenvalue weighted by Gasteiger charge is 2.27. The Labute approximate surface area is 151 Å². The Bertz CT molecular complexity index is 593. The number of rotatable bonds is 2. The van der Waals surface area contributed by atoms with Gasteiger partial charge in [-0.25, -0.2) is 4.99 Å². The summed E-state index contributed by atoms with van der Waals surface area (Å²) >= 11 is 0. The molecule has 2 aliphatic rings. The Morgan fingerprint density at radius 3 is 2.56 bits per heavy atom. The van der Waals surface area contributed by atoms with Crippen LogP contribution < -0.4 is 10.6 Å². The van der Waals surface area contributed by atoms with Crippen LogP contribution in [0.5, 0.6) is 5.75 Å².